The molecule has 0 spiro atoms. The highest BCUT2D eigenvalue weighted by Crippen LogP contribution is 2.32. The summed E-state index contributed by atoms with van der Waals surface area (Å²) < 4.78 is 2.12. The molecular formula is C21H28N4O. The molecule has 138 valence electrons. The molecule has 4 rings (SSSR count). The molecule has 0 bridgehead atoms. The monoisotopic (exact) mass is 352 g/mol. The molecular weight excluding hydrogens is 324 g/mol. The van der Waals surface area contributed by atoms with Gasteiger partial charge in [0.05, 0.1) is 6.04 Å². The quantitative estimate of drug-likeness (QED) is 0.919. The van der Waals surface area contributed by atoms with Gasteiger partial charge in [-0.05, 0) is 55.0 Å². The van der Waals surface area contributed by atoms with Crippen molar-refractivity contribution in [3.05, 3.63) is 53.3 Å². The van der Waals surface area contributed by atoms with Crippen molar-refractivity contribution >= 4 is 11.7 Å². The molecule has 5 heteroatoms. The van der Waals surface area contributed by atoms with Gasteiger partial charge in [-0.3, -0.25) is 0 Å². The molecule has 0 saturated carbocycles. The second kappa shape index (κ2) is 7.06. The number of aryl methyl sites for hydroxylation is 2. The van der Waals surface area contributed by atoms with Crippen LogP contribution in [-0.2, 0) is 20.0 Å². The van der Waals surface area contributed by atoms with Crippen molar-refractivity contribution in [1.29, 1.82) is 0 Å². The lowest BCUT2D eigenvalue weighted by molar-refractivity contribution is 0.191. The Labute approximate surface area is 155 Å². The van der Waals surface area contributed by atoms with Gasteiger partial charge in [-0.15, -0.1) is 0 Å². The normalized spacial score (nSPS) is 19.5. The first-order valence-electron chi connectivity index (χ1n) is 9.62. The molecule has 1 N–H and O–H groups in total. The van der Waals surface area contributed by atoms with E-state index in [-0.39, 0.29) is 12.1 Å². The van der Waals surface area contributed by atoms with E-state index in [0.29, 0.717) is 6.54 Å². The third-order valence-corrected chi connectivity index (χ3v) is 5.78. The number of urea groups is 1. The molecule has 1 atom stereocenters. The Morgan fingerprint density at radius 2 is 2.08 bits per heavy atom. The van der Waals surface area contributed by atoms with Gasteiger partial charge in [0.25, 0.3) is 0 Å². The zero-order chi connectivity index (χ0) is 18.1. The maximum atomic E-state index is 12.8. The van der Waals surface area contributed by atoms with Crippen LogP contribution in [0.3, 0.4) is 0 Å². The van der Waals surface area contributed by atoms with Crippen LogP contribution in [0.1, 0.15) is 42.1 Å². The van der Waals surface area contributed by atoms with Crippen molar-refractivity contribution in [1.82, 2.24) is 14.8 Å². The number of likely N-dealkylation sites (tertiary alicyclic amines) is 1. The predicted molar refractivity (Wildman–Crippen MR) is 104 cm³/mol. The van der Waals surface area contributed by atoms with E-state index in [4.69, 9.17) is 0 Å². The average molecular weight is 352 g/mol. The zero-order valence-corrected chi connectivity index (χ0v) is 15.7. The number of rotatable bonds is 3. The Morgan fingerprint density at radius 1 is 1.19 bits per heavy atom. The van der Waals surface area contributed by atoms with E-state index in [9.17, 15) is 4.79 Å². The molecule has 1 aromatic carbocycles. The maximum absolute atomic E-state index is 12.8. The summed E-state index contributed by atoms with van der Waals surface area (Å²) in [4.78, 5) is 17.1. The van der Waals surface area contributed by atoms with Gasteiger partial charge in [0.1, 0.15) is 0 Å². The molecule has 26 heavy (non-hydrogen) atoms. The highest BCUT2D eigenvalue weighted by atomic mass is 16.2. The molecule has 0 radical (unpaired) electrons. The number of carbonyl (C=O) groups excluding carboxylic acids is 1. The van der Waals surface area contributed by atoms with E-state index in [1.165, 1.54) is 28.9 Å². The molecule has 0 unspecified atom stereocenters. The third-order valence-electron chi connectivity index (χ3n) is 5.78. The number of carbonyl (C=O) groups is 1. The van der Waals surface area contributed by atoms with Gasteiger partial charge in [-0.2, -0.15) is 0 Å². The fourth-order valence-electron chi connectivity index (χ4n) is 4.37. The van der Waals surface area contributed by atoms with Crippen molar-refractivity contribution in [2.45, 2.75) is 38.3 Å². The smallest absolute Gasteiger partial charge is 0.318 e. The van der Waals surface area contributed by atoms with Gasteiger partial charge in [0.2, 0.25) is 0 Å². The van der Waals surface area contributed by atoms with Gasteiger partial charge < -0.3 is 19.7 Å². The summed E-state index contributed by atoms with van der Waals surface area (Å²) in [7, 11) is 4.20. The van der Waals surface area contributed by atoms with Gasteiger partial charge in [-0.1, -0.05) is 12.1 Å². The highest BCUT2D eigenvalue weighted by molar-refractivity contribution is 5.75. The minimum atomic E-state index is 0.0449. The second-order valence-electron chi connectivity index (χ2n) is 7.54. The van der Waals surface area contributed by atoms with Crippen molar-refractivity contribution in [3.63, 3.8) is 0 Å². The molecule has 2 amide bonds. The van der Waals surface area contributed by atoms with Crippen molar-refractivity contribution in [2.24, 2.45) is 7.05 Å². The number of nitrogens with zero attached hydrogens (tertiary/aromatic N) is 3. The zero-order valence-electron chi connectivity index (χ0n) is 15.7. The summed E-state index contributed by atoms with van der Waals surface area (Å²) in [6.07, 6.45) is 6.48. The van der Waals surface area contributed by atoms with Crippen LogP contribution in [0.15, 0.2) is 36.5 Å². The molecule has 3 heterocycles. The largest absolute Gasteiger partial charge is 0.374 e. The number of nitrogens with one attached hydrogen (secondary N) is 1. The summed E-state index contributed by atoms with van der Waals surface area (Å²) in [5.41, 5.74) is 5.12. The highest BCUT2D eigenvalue weighted by Gasteiger charge is 2.31. The predicted octanol–water partition coefficient (Wildman–Crippen LogP) is 3.45. The topological polar surface area (TPSA) is 40.5 Å². The van der Waals surface area contributed by atoms with Crippen molar-refractivity contribution in [2.75, 3.05) is 25.0 Å². The summed E-state index contributed by atoms with van der Waals surface area (Å²) in [5, 5.41) is 3.13. The van der Waals surface area contributed by atoms with E-state index in [0.717, 1.165) is 32.4 Å². The number of hydrogen-bond donors (Lipinski definition) is 1. The van der Waals surface area contributed by atoms with Crippen LogP contribution >= 0.6 is 0 Å². The van der Waals surface area contributed by atoms with Gasteiger partial charge in [0, 0.05) is 51.3 Å². The van der Waals surface area contributed by atoms with E-state index in [1.54, 1.807) is 0 Å². The molecule has 1 saturated heterocycles. The molecule has 1 aromatic heterocycles. The van der Waals surface area contributed by atoms with Gasteiger partial charge >= 0.3 is 6.03 Å². The fraction of sp³-hybridized carbons (Fsp3) is 0.476. The first-order chi connectivity index (χ1) is 12.6. The molecule has 2 aliphatic heterocycles. The molecule has 1 fully saturated rings. The van der Waals surface area contributed by atoms with Crippen LogP contribution in [0.25, 0.3) is 0 Å². The fourth-order valence-corrected chi connectivity index (χ4v) is 4.37. The summed E-state index contributed by atoms with van der Waals surface area (Å²) >= 11 is 0. The number of anilines is 1. The molecule has 2 aliphatic rings. The van der Waals surface area contributed by atoms with E-state index >= 15 is 0 Å². The Bertz CT molecular complexity index is 797. The Balaban J connectivity index is 1.42. The van der Waals surface area contributed by atoms with E-state index in [1.807, 2.05) is 24.2 Å². The number of aromatic nitrogens is 1. The van der Waals surface area contributed by atoms with Crippen molar-refractivity contribution < 1.29 is 4.79 Å². The van der Waals surface area contributed by atoms with E-state index < -0.39 is 0 Å². The standard InChI is InChI=1S/C21H28N4O/c1-23-11-3-6-17-14-16(9-10-18(17)23)15-22-21(26)25-13-5-8-20(25)19-7-4-12-24(19)2/h4,7,9-10,12,14,20H,3,5-6,8,11,13,15H2,1-2H3,(H,22,26)/t20-/m0/s1. The Hall–Kier alpha value is -2.43. The van der Waals surface area contributed by atoms with Crippen LogP contribution in [0.2, 0.25) is 0 Å². The Morgan fingerprint density at radius 3 is 2.88 bits per heavy atom. The molecule has 2 aromatic rings. The first kappa shape index (κ1) is 17.0. The number of hydrogen-bond acceptors (Lipinski definition) is 2. The van der Waals surface area contributed by atoms with Crippen LogP contribution in [-0.4, -0.2) is 35.6 Å². The minimum Gasteiger partial charge on any atom is -0.374 e. The lowest BCUT2D eigenvalue weighted by Gasteiger charge is -2.28. The lowest BCUT2D eigenvalue weighted by Crippen LogP contribution is -2.39. The summed E-state index contributed by atoms with van der Waals surface area (Å²) in [6, 6.07) is 11.0. The lowest BCUT2D eigenvalue weighted by atomic mass is 9.99. The SMILES string of the molecule is CN1CCCc2cc(CNC(=O)N3CCC[C@H]3c3cccn3C)ccc21. The van der Waals surface area contributed by atoms with Crippen LogP contribution in [0.5, 0.6) is 0 Å². The van der Waals surface area contributed by atoms with Crippen LogP contribution in [0.4, 0.5) is 10.5 Å². The second-order valence-corrected chi connectivity index (χ2v) is 7.54. The summed E-state index contributed by atoms with van der Waals surface area (Å²) in [6.45, 7) is 2.54. The van der Waals surface area contributed by atoms with Crippen LogP contribution < -0.4 is 10.2 Å². The molecule has 5 nitrogen and oxygen atoms in total. The van der Waals surface area contributed by atoms with Crippen molar-refractivity contribution in [3.8, 4) is 0 Å². The minimum absolute atomic E-state index is 0.0449. The third kappa shape index (κ3) is 3.18. The molecule has 0 aliphatic carbocycles. The van der Waals surface area contributed by atoms with Crippen LogP contribution in [0, 0.1) is 0 Å². The summed E-state index contributed by atoms with van der Waals surface area (Å²) in [5.74, 6) is 0. The van der Waals surface area contributed by atoms with Gasteiger partial charge in [-0.25, -0.2) is 4.79 Å². The number of fused-ring (bicyclic) bond motifs is 1. The number of amides is 2. The number of benzene rings is 1. The average Bonchev–Trinajstić information content (AvgIpc) is 3.28. The maximum Gasteiger partial charge on any atom is 0.318 e. The first-order valence-corrected chi connectivity index (χ1v) is 9.62. The van der Waals surface area contributed by atoms with Gasteiger partial charge in [0.15, 0.2) is 0 Å². The van der Waals surface area contributed by atoms with E-state index in [2.05, 4.69) is 46.1 Å². The Kier molecular flexibility index (Phi) is 4.62.